The number of rotatable bonds is 3. The molecule has 0 spiro atoms. The SMILES string of the molecule is C=CC(C#N)=C(C(=O)O)c1cccs1. The summed E-state index contributed by atoms with van der Waals surface area (Å²) < 4.78 is 0. The van der Waals surface area contributed by atoms with Gasteiger partial charge in [-0.2, -0.15) is 5.26 Å². The smallest absolute Gasteiger partial charge is 0.338 e. The van der Waals surface area contributed by atoms with Crippen molar-refractivity contribution in [1.82, 2.24) is 0 Å². The second-order valence-corrected chi connectivity index (χ2v) is 3.33. The van der Waals surface area contributed by atoms with Crippen molar-refractivity contribution in [3.05, 3.63) is 40.6 Å². The average Bonchev–Trinajstić information content (AvgIpc) is 2.65. The molecular weight excluding hydrogens is 198 g/mol. The van der Waals surface area contributed by atoms with Gasteiger partial charge in [0.05, 0.1) is 11.1 Å². The molecule has 1 rings (SSSR count). The lowest BCUT2D eigenvalue weighted by atomic mass is 10.1. The van der Waals surface area contributed by atoms with Gasteiger partial charge in [0.25, 0.3) is 0 Å². The minimum Gasteiger partial charge on any atom is -0.478 e. The zero-order valence-electron chi connectivity index (χ0n) is 7.23. The first-order valence-corrected chi connectivity index (χ1v) is 4.62. The maximum atomic E-state index is 10.9. The molecule has 0 fully saturated rings. The fourth-order valence-corrected chi connectivity index (χ4v) is 1.75. The van der Waals surface area contributed by atoms with Crippen molar-refractivity contribution in [3.8, 4) is 6.07 Å². The second-order valence-electron chi connectivity index (χ2n) is 2.39. The first-order chi connectivity index (χ1) is 6.70. The van der Waals surface area contributed by atoms with Crippen LogP contribution in [-0.2, 0) is 4.79 Å². The van der Waals surface area contributed by atoms with Crippen molar-refractivity contribution in [3.63, 3.8) is 0 Å². The third-order valence-corrected chi connectivity index (χ3v) is 2.46. The predicted octanol–water partition coefficient (Wildman–Crippen LogP) is 2.30. The standard InChI is InChI=1S/C10H7NO2S/c1-2-7(6-11)9(10(12)13)8-4-3-5-14-8/h2-5H,1H2,(H,12,13). The Morgan fingerprint density at radius 3 is 2.79 bits per heavy atom. The first kappa shape index (κ1) is 10.2. The van der Waals surface area contributed by atoms with E-state index in [0.29, 0.717) is 4.88 Å². The fraction of sp³-hybridized carbons (Fsp3) is 0. The number of nitrogens with zero attached hydrogens (tertiary/aromatic N) is 1. The highest BCUT2D eigenvalue weighted by atomic mass is 32.1. The van der Waals surface area contributed by atoms with Gasteiger partial charge in [0.1, 0.15) is 6.07 Å². The summed E-state index contributed by atoms with van der Waals surface area (Å²) in [6.07, 6.45) is 1.25. The zero-order chi connectivity index (χ0) is 10.6. The molecule has 1 N–H and O–H groups in total. The van der Waals surface area contributed by atoms with Crippen LogP contribution in [0.1, 0.15) is 4.88 Å². The van der Waals surface area contributed by atoms with E-state index in [4.69, 9.17) is 10.4 Å². The van der Waals surface area contributed by atoms with Crippen molar-refractivity contribution >= 4 is 22.9 Å². The number of carboxylic acids is 1. The molecule has 3 nitrogen and oxygen atoms in total. The largest absolute Gasteiger partial charge is 0.478 e. The molecule has 70 valence electrons. The second kappa shape index (κ2) is 4.40. The molecule has 0 aliphatic rings. The number of allylic oxidation sites excluding steroid dienone is 2. The topological polar surface area (TPSA) is 61.1 Å². The zero-order valence-corrected chi connectivity index (χ0v) is 8.04. The molecule has 0 unspecified atom stereocenters. The van der Waals surface area contributed by atoms with E-state index < -0.39 is 5.97 Å². The van der Waals surface area contributed by atoms with Gasteiger partial charge in [-0.25, -0.2) is 4.79 Å². The molecule has 0 saturated heterocycles. The first-order valence-electron chi connectivity index (χ1n) is 3.74. The number of aliphatic carboxylic acids is 1. The number of thiophene rings is 1. The van der Waals surface area contributed by atoms with Gasteiger partial charge in [0.2, 0.25) is 0 Å². The summed E-state index contributed by atoms with van der Waals surface area (Å²) in [6.45, 7) is 3.41. The van der Waals surface area contributed by atoms with Gasteiger partial charge in [-0.1, -0.05) is 18.7 Å². The maximum absolute atomic E-state index is 10.9. The van der Waals surface area contributed by atoms with E-state index in [9.17, 15) is 4.79 Å². The number of hydrogen-bond acceptors (Lipinski definition) is 3. The lowest BCUT2D eigenvalue weighted by Crippen LogP contribution is -2.00. The quantitative estimate of drug-likeness (QED) is 0.468. The van der Waals surface area contributed by atoms with Crippen molar-refractivity contribution in [2.24, 2.45) is 0 Å². The van der Waals surface area contributed by atoms with Gasteiger partial charge in [0, 0.05) is 4.88 Å². The minimum atomic E-state index is -1.11. The number of carbonyl (C=O) groups is 1. The van der Waals surface area contributed by atoms with Gasteiger partial charge in [-0.3, -0.25) is 0 Å². The minimum absolute atomic E-state index is 0.0116. The highest BCUT2D eigenvalue weighted by molar-refractivity contribution is 7.11. The van der Waals surface area contributed by atoms with Crippen molar-refractivity contribution in [2.75, 3.05) is 0 Å². The molecule has 0 amide bonds. The summed E-state index contributed by atoms with van der Waals surface area (Å²) in [5.41, 5.74) is 0.0949. The molecule has 0 radical (unpaired) electrons. The molecular formula is C10H7NO2S. The van der Waals surface area contributed by atoms with Gasteiger partial charge in [-0.15, -0.1) is 11.3 Å². The van der Waals surface area contributed by atoms with E-state index in [1.807, 2.05) is 6.07 Å². The third-order valence-electron chi connectivity index (χ3n) is 1.58. The number of carboxylic acid groups (broad SMARTS) is 1. The molecule has 1 aromatic heterocycles. The van der Waals surface area contributed by atoms with E-state index in [-0.39, 0.29) is 11.1 Å². The summed E-state index contributed by atoms with van der Waals surface area (Å²) in [4.78, 5) is 11.5. The molecule has 0 bridgehead atoms. The average molecular weight is 205 g/mol. The molecule has 1 aromatic rings. The van der Waals surface area contributed by atoms with Gasteiger partial charge >= 0.3 is 5.97 Å². The molecule has 1 heterocycles. The van der Waals surface area contributed by atoms with Crippen LogP contribution in [0.5, 0.6) is 0 Å². The lowest BCUT2D eigenvalue weighted by Gasteiger charge is -1.99. The van der Waals surface area contributed by atoms with Gasteiger partial charge in [0.15, 0.2) is 0 Å². The Bertz CT molecular complexity index is 423. The Hall–Kier alpha value is -1.86. The monoisotopic (exact) mass is 205 g/mol. The van der Waals surface area contributed by atoms with E-state index in [1.54, 1.807) is 17.5 Å². The molecule has 0 aromatic carbocycles. The molecule has 4 heteroatoms. The van der Waals surface area contributed by atoms with Crippen LogP contribution in [0.4, 0.5) is 0 Å². The third kappa shape index (κ3) is 1.90. The Morgan fingerprint density at radius 1 is 1.71 bits per heavy atom. The van der Waals surface area contributed by atoms with Crippen LogP contribution < -0.4 is 0 Å². The predicted molar refractivity (Wildman–Crippen MR) is 54.7 cm³/mol. The van der Waals surface area contributed by atoms with Crippen LogP contribution in [0.15, 0.2) is 35.7 Å². The Labute approximate surface area is 85.2 Å². The van der Waals surface area contributed by atoms with Crippen LogP contribution in [-0.4, -0.2) is 11.1 Å². The lowest BCUT2D eigenvalue weighted by molar-refractivity contribution is -0.130. The van der Waals surface area contributed by atoms with Crippen LogP contribution in [0.3, 0.4) is 0 Å². The molecule has 14 heavy (non-hydrogen) atoms. The van der Waals surface area contributed by atoms with Crippen LogP contribution >= 0.6 is 11.3 Å². The molecule has 0 aliphatic heterocycles. The van der Waals surface area contributed by atoms with E-state index in [1.165, 1.54) is 17.4 Å². The van der Waals surface area contributed by atoms with Gasteiger partial charge in [-0.05, 0) is 11.4 Å². The number of nitriles is 1. The van der Waals surface area contributed by atoms with Crippen molar-refractivity contribution < 1.29 is 9.90 Å². The number of hydrogen-bond donors (Lipinski definition) is 1. The highest BCUT2D eigenvalue weighted by Gasteiger charge is 2.15. The molecule has 0 aliphatic carbocycles. The van der Waals surface area contributed by atoms with Crippen molar-refractivity contribution in [2.45, 2.75) is 0 Å². The van der Waals surface area contributed by atoms with E-state index in [0.717, 1.165) is 0 Å². The molecule has 0 atom stereocenters. The summed E-state index contributed by atoms with van der Waals surface area (Å²) >= 11 is 1.28. The van der Waals surface area contributed by atoms with Crippen molar-refractivity contribution in [1.29, 1.82) is 5.26 Å². The normalized spacial score (nSPS) is 11.4. The Balaban J connectivity index is 3.36. The van der Waals surface area contributed by atoms with E-state index in [2.05, 4.69) is 6.58 Å². The Morgan fingerprint density at radius 2 is 2.43 bits per heavy atom. The Kier molecular flexibility index (Phi) is 3.21. The maximum Gasteiger partial charge on any atom is 0.338 e. The summed E-state index contributed by atoms with van der Waals surface area (Å²) in [7, 11) is 0. The summed E-state index contributed by atoms with van der Waals surface area (Å²) in [5.74, 6) is -1.11. The molecule has 0 saturated carbocycles. The van der Waals surface area contributed by atoms with Gasteiger partial charge < -0.3 is 5.11 Å². The summed E-state index contributed by atoms with van der Waals surface area (Å²) in [6, 6.07) is 5.21. The summed E-state index contributed by atoms with van der Waals surface area (Å²) in [5, 5.41) is 19.4. The highest BCUT2D eigenvalue weighted by Crippen LogP contribution is 2.23. The fourth-order valence-electron chi connectivity index (χ4n) is 0.978. The van der Waals surface area contributed by atoms with Crippen LogP contribution in [0.2, 0.25) is 0 Å². The van der Waals surface area contributed by atoms with Crippen LogP contribution in [0.25, 0.3) is 5.57 Å². The van der Waals surface area contributed by atoms with E-state index >= 15 is 0 Å². The van der Waals surface area contributed by atoms with Crippen LogP contribution in [0, 0.1) is 11.3 Å².